The molecular weight excluding hydrogens is 470 g/mol. The minimum atomic E-state index is -0.905. The van der Waals surface area contributed by atoms with E-state index in [4.69, 9.17) is 26.0 Å². The van der Waals surface area contributed by atoms with Gasteiger partial charge in [-0.3, -0.25) is 15.1 Å². The topological polar surface area (TPSA) is 115 Å². The van der Waals surface area contributed by atoms with Crippen LogP contribution in [0.2, 0.25) is 5.02 Å². The quantitative estimate of drug-likeness (QED) is 0.311. The van der Waals surface area contributed by atoms with E-state index < -0.39 is 18.2 Å². The first-order valence-corrected chi connectivity index (χ1v) is 11.2. The minimum absolute atomic E-state index is 0.0769. The molecule has 2 aromatic carbocycles. The zero-order valence-corrected chi connectivity index (χ0v) is 19.7. The predicted molar refractivity (Wildman–Crippen MR) is 131 cm³/mol. The van der Waals surface area contributed by atoms with Gasteiger partial charge in [0.2, 0.25) is 0 Å². The average molecular weight is 492 g/mol. The van der Waals surface area contributed by atoms with Crippen molar-refractivity contribution >= 4 is 29.4 Å². The molecule has 35 heavy (non-hydrogen) atoms. The van der Waals surface area contributed by atoms with Crippen molar-refractivity contribution in [3.8, 4) is 22.6 Å². The van der Waals surface area contributed by atoms with Crippen molar-refractivity contribution in [1.82, 2.24) is 10.1 Å². The van der Waals surface area contributed by atoms with E-state index in [-0.39, 0.29) is 6.42 Å². The highest BCUT2D eigenvalue weighted by atomic mass is 35.5. The standard InChI is InChI=1S/C26H22ClN3O5/c1-15-24(29-26(33)34-16(2)20-5-3-4-6-21(20)27)25(35-30-15)19-10-8-18(9-11-19)22-12-7-17(14-28-22)13-23(31)32/h3-12,14,16H,13H2,1-2H3,(H,29,33)(H,31,32). The number of nitrogens with one attached hydrogen (secondary N) is 1. The fourth-order valence-electron chi connectivity index (χ4n) is 3.54. The zero-order valence-electron chi connectivity index (χ0n) is 19.0. The molecule has 2 heterocycles. The molecule has 0 bridgehead atoms. The first-order chi connectivity index (χ1) is 16.8. The lowest BCUT2D eigenvalue weighted by Gasteiger charge is -2.15. The Kier molecular flexibility index (Phi) is 7.12. The van der Waals surface area contributed by atoms with Crippen LogP contribution in [0, 0.1) is 6.92 Å². The number of carbonyl (C=O) groups is 2. The Morgan fingerprint density at radius 1 is 1.09 bits per heavy atom. The van der Waals surface area contributed by atoms with Crippen LogP contribution in [0.15, 0.2) is 71.4 Å². The Labute approximate surface area is 206 Å². The monoisotopic (exact) mass is 491 g/mol. The number of anilines is 1. The highest BCUT2D eigenvalue weighted by Crippen LogP contribution is 2.33. The van der Waals surface area contributed by atoms with Crippen LogP contribution in [0.3, 0.4) is 0 Å². The molecule has 9 heteroatoms. The summed E-state index contributed by atoms with van der Waals surface area (Å²) >= 11 is 6.20. The number of carbonyl (C=O) groups excluding carboxylic acids is 1. The Bertz CT molecular complexity index is 1350. The molecule has 0 radical (unpaired) electrons. The Morgan fingerprint density at radius 2 is 1.80 bits per heavy atom. The summed E-state index contributed by atoms with van der Waals surface area (Å²) in [7, 11) is 0. The van der Waals surface area contributed by atoms with Crippen molar-refractivity contribution in [2.75, 3.05) is 5.32 Å². The highest BCUT2D eigenvalue weighted by molar-refractivity contribution is 6.31. The third-order valence-electron chi connectivity index (χ3n) is 5.34. The van der Waals surface area contributed by atoms with E-state index in [1.165, 1.54) is 0 Å². The number of aromatic nitrogens is 2. The van der Waals surface area contributed by atoms with E-state index in [9.17, 15) is 9.59 Å². The molecule has 2 N–H and O–H groups in total. The summed E-state index contributed by atoms with van der Waals surface area (Å²) in [4.78, 5) is 27.8. The average Bonchev–Trinajstić information content (AvgIpc) is 3.19. The normalized spacial score (nSPS) is 11.6. The number of hydrogen-bond acceptors (Lipinski definition) is 6. The molecule has 0 aliphatic rings. The number of nitrogens with zero attached hydrogens (tertiary/aromatic N) is 2. The lowest BCUT2D eigenvalue weighted by Crippen LogP contribution is -2.17. The van der Waals surface area contributed by atoms with Crippen LogP contribution in [0.25, 0.3) is 22.6 Å². The van der Waals surface area contributed by atoms with Gasteiger partial charge in [0.25, 0.3) is 0 Å². The third kappa shape index (κ3) is 5.67. The number of rotatable bonds is 7. The van der Waals surface area contributed by atoms with E-state index in [1.54, 1.807) is 50.4 Å². The van der Waals surface area contributed by atoms with Gasteiger partial charge in [-0.2, -0.15) is 0 Å². The van der Waals surface area contributed by atoms with Gasteiger partial charge in [0, 0.05) is 27.9 Å². The van der Waals surface area contributed by atoms with Crippen LogP contribution in [0.1, 0.15) is 29.8 Å². The second kappa shape index (κ2) is 10.4. The van der Waals surface area contributed by atoms with Crippen molar-refractivity contribution in [3.63, 3.8) is 0 Å². The van der Waals surface area contributed by atoms with E-state index >= 15 is 0 Å². The number of ether oxygens (including phenoxy) is 1. The number of carboxylic acid groups (broad SMARTS) is 1. The number of amides is 1. The fourth-order valence-corrected chi connectivity index (χ4v) is 3.83. The summed E-state index contributed by atoms with van der Waals surface area (Å²) in [5.74, 6) is -0.515. The molecule has 0 spiro atoms. The zero-order chi connectivity index (χ0) is 24.9. The summed E-state index contributed by atoms with van der Waals surface area (Å²) in [6, 6.07) is 18.0. The molecule has 0 saturated heterocycles. The molecule has 2 aromatic heterocycles. The van der Waals surface area contributed by atoms with Gasteiger partial charge < -0.3 is 14.4 Å². The van der Waals surface area contributed by atoms with E-state index in [0.717, 1.165) is 5.56 Å². The van der Waals surface area contributed by atoms with Crippen molar-refractivity contribution < 1.29 is 24.0 Å². The van der Waals surface area contributed by atoms with E-state index in [0.29, 0.717) is 44.5 Å². The van der Waals surface area contributed by atoms with E-state index in [2.05, 4.69) is 15.5 Å². The summed E-state index contributed by atoms with van der Waals surface area (Å²) in [6.07, 6.45) is 0.258. The molecule has 0 fully saturated rings. The van der Waals surface area contributed by atoms with Gasteiger partial charge in [-0.25, -0.2) is 4.79 Å². The molecule has 4 rings (SSSR count). The second-order valence-corrected chi connectivity index (χ2v) is 8.27. The van der Waals surface area contributed by atoms with Crippen molar-refractivity contribution in [3.05, 3.63) is 88.7 Å². The number of carboxylic acids is 1. The van der Waals surface area contributed by atoms with Gasteiger partial charge in [-0.1, -0.05) is 65.3 Å². The maximum absolute atomic E-state index is 12.6. The van der Waals surface area contributed by atoms with Crippen molar-refractivity contribution in [1.29, 1.82) is 0 Å². The third-order valence-corrected chi connectivity index (χ3v) is 5.68. The van der Waals surface area contributed by atoms with Gasteiger partial charge in [0.15, 0.2) is 5.76 Å². The van der Waals surface area contributed by atoms with Crippen LogP contribution in [-0.4, -0.2) is 27.3 Å². The number of aryl methyl sites for hydroxylation is 1. The highest BCUT2D eigenvalue weighted by Gasteiger charge is 2.20. The van der Waals surface area contributed by atoms with Crippen LogP contribution in [-0.2, 0) is 16.0 Å². The molecule has 1 atom stereocenters. The molecule has 1 amide bonds. The maximum Gasteiger partial charge on any atom is 0.412 e. The van der Waals surface area contributed by atoms with Crippen LogP contribution in [0.5, 0.6) is 0 Å². The fraction of sp³-hybridized carbons (Fsp3) is 0.154. The molecule has 1 unspecified atom stereocenters. The number of aliphatic carboxylic acids is 1. The SMILES string of the molecule is Cc1noc(-c2ccc(-c3ccc(CC(=O)O)cn3)cc2)c1NC(=O)OC(C)c1ccccc1Cl. The largest absolute Gasteiger partial charge is 0.481 e. The van der Waals surface area contributed by atoms with Gasteiger partial charge in [0.1, 0.15) is 17.5 Å². The lowest BCUT2D eigenvalue weighted by molar-refractivity contribution is -0.136. The first-order valence-electron chi connectivity index (χ1n) is 10.8. The molecule has 8 nitrogen and oxygen atoms in total. The lowest BCUT2D eigenvalue weighted by atomic mass is 10.1. The summed E-state index contributed by atoms with van der Waals surface area (Å²) in [5, 5.41) is 16.1. The Morgan fingerprint density at radius 3 is 2.46 bits per heavy atom. The van der Waals surface area contributed by atoms with Gasteiger partial charge in [-0.05, 0) is 31.5 Å². The predicted octanol–water partition coefficient (Wildman–Crippen LogP) is 6.30. The van der Waals surface area contributed by atoms with E-state index in [1.807, 2.05) is 30.3 Å². The van der Waals surface area contributed by atoms with Gasteiger partial charge >= 0.3 is 12.1 Å². The number of hydrogen-bond donors (Lipinski definition) is 2. The Hall–Kier alpha value is -4.17. The van der Waals surface area contributed by atoms with Crippen LogP contribution >= 0.6 is 11.6 Å². The smallest absolute Gasteiger partial charge is 0.412 e. The van der Waals surface area contributed by atoms with Crippen LogP contribution < -0.4 is 5.32 Å². The Balaban J connectivity index is 1.48. The van der Waals surface area contributed by atoms with Crippen molar-refractivity contribution in [2.45, 2.75) is 26.4 Å². The minimum Gasteiger partial charge on any atom is -0.481 e. The summed E-state index contributed by atoms with van der Waals surface area (Å²) in [6.45, 7) is 3.46. The molecule has 0 saturated carbocycles. The molecule has 0 aliphatic carbocycles. The molecule has 178 valence electrons. The number of halogens is 1. The first kappa shape index (κ1) is 24.0. The van der Waals surface area contributed by atoms with Gasteiger partial charge in [-0.15, -0.1) is 0 Å². The second-order valence-electron chi connectivity index (χ2n) is 7.87. The summed E-state index contributed by atoms with van der Waals surface area (Å²) in [5.41, 5.74) is 4.48. The maximum atomic E-state index is 12.6. The van der Waals surface area contributed by atoms with Crippen LogP contribution in [0.4, 0.5) is 10.5 Å². The molecule has 4 aromatic rings. The van der Waals surface area contributed by atoms with Gasteiger partial charge in [0.05, 0.1) is 12.1 Å². The number of benzene rings is 2. The summed E-state index contributed by atoms with van der Waals surface area (Å²) < 4.78 is 11.0. The van der Waals surface area contributed by atoms with Crippen molar-refractivity contribution in [2.24, 2.45) is 0 Å². The molecule has 0 aliphatic heterocycles. The number of pyridine rings is 1. The molecular formula is C26H22ClN3O5.